The minimum Gasteiger partial charge on any atom is -0.486 e. The molecule has 2 aromatic rings. The Hall–Kier alpha value is -1.45. The van der Waals surface area contributed by atoms with Crippen LogP contribution in [0.25, 0.3) is 11.1 Å². The van der Waals surface area contributed by atoms with E-state index in [1.807, 2.05) is 19.1 Å². The molecule has 2 aromatic carbocycles. The van der Waals surface area contributed by atoms with Crippen LogP contribution in [0.3, 0.4) is 0 Å². The van der Waals surface area contributed by atoms with Gasteiger partial charge in [0.2, 0.25) is 0 Å². The minimum atomic E-state index is -0.470. The monoisotopic (exact) mass is 312 g/mol. The summed E-state index contributed by atoms with van der Waals surface area (Å²) in [6, 6.07) is 6.23. The third kappa shape index (κ3) is 2.21. The lowest BCUT2D eigenvalue weighted by Crippen LogP contribution is -2.16. The van der Waals surface area contributed by atoms with Crippen LogP contribution in [0, 0.1) is 12.7 Å². The number of hydrogen-bond acceptors (Lipinski definition) is 2. The number of rotatable bonds is 1. The Kier molecular flexibility index (Phi) is 3.48. The van der Waals surface area contributed by atoms with Gasteiger partial charge in [0.1, 0.15) is 19.0 Å². The summed E-state index contributed by atoms with van der Waals surface area (Å²) in [6.45, 7) is 2.90. The molecule has 20 heavy (non-hydrogen) atoms. The van der Waals surface area contributed by atoms with E-state index in [1.165, 1.54) is 12.1 Å². The summed E-state index contributed by atoms with van der Waals surface area (Å²) >= 11 is 12.3. The molecule has 1 aliphatic heterocycles. The fraction of sp³-hybridized carbons (Fsp3) is 0.200. The molecule has 104 valence electrons. The highest BCUT2D eigenvalue weighted by Gasteiger charge is 2.22. The van der Waals surface area contributed by atoms with E-state index < -0.39 is 5.82 Å². The number of halogens is 3. The average molecular weight is 313 g/mol. The standard InChI is InChI=1S/C15H11Cl2FO2/c1-8-2-3-10(15-14(8)19-4-5-20-15)13-11(16)6-9(18)7-12(13)17/h2-3,6-7H,4-5H2,1H3. The van der Waals surface area contributed by atoms with E-state index in [1.54, 1.807) is 0 Å². The van der Waals surface area contributed by atoms with Gasteiger partial charge in [-0.25, -0.2) is 4.39 Å². The molecule has 0 N–H and O–H groups in total. The molecule has 0 aromatic heterocycles. The van der Waals surface area contributed by atoms with Crippen molar-refractivity contribution in [2.24, 2.45) is 0 Å². The van der Waals surface area contributed by atoms with Gasteiger partial charge in [-0.3, -0.25) is 0 Å². The van der Waals surface area contributed by atoms with Crippen LogP contribution in [-0.4, -0.2) is 13.2 Å². The maximum Gasteiger partial charge on any atom is 0.169 e. The van der Waals surface area contributed by atoms with E-state index in [0.717, 1.165) is 5.56 Å². The Bertz CT molecular complexity index is 663. The second-order valence-electron chi connectivity index (χ2n) is 4.53. The maximum absolute atomic E-state index is 13.3. The summed E-state index contributed by atoms with van der Waals surface area (Å²) in [6.07, 6.45) is 0. The highest BCUT2D eigenvalue weighted by Crippen LogP contribution is 2.46. The summed E-state index contributed by atoms with van der Waals surface area (Å²) in [7, 11) is 0. The normalized spacial score (nSPS) is 13.4. The SMILES string of the molecule is Cc1ccc(-c2c(Cl)cc(F)cc2Cl)c2c1OCCO2. The predicted molar refractivity (Wildman–Crippen MR) is 77.6 cm³/mol. The second kappa shape index (κ2) is 5.15. The molecule has 0 radical (unpaired) electrons. The summed E-state index contributed by atoms with van der Waals surface area (Å²) in [5.41, 5.74) is 2.23. The first-order valence-electron chi connectivity index (χ1n) is 6.12. The first kappa shape index (κ1) is 13.5. The predicted octanol–water partition coefficient (Wildman–Crippen LogP) is 4.88. The molecule has 0 aliphatic carbocycles. The lowest BCUT2D eigenvalue weighted by Gasteiger charge is -2.23. The van der Waals surface area contributed by atoms with Crippen molar-refractivity contribution >= 4 is 23.2 Å². The Labute approximate surface area is 126 Å². The molecule has 0 bridgehead atoms. The molecule has 0 saturated heterocycles. The summed E-state index contributed by atoms with van der Waals surface area (Å²) < 4.78 is 24.6. The first-order valence-corrected chi connectivity index (χ1v) is 6.87. The molecule has 0 unspecified atom stereocenters. The minimum absolute atomic E-state index is 0.246. The van der Waals surface area contributed by atoms with Gasteiger partial charge in [-0.15, -0.1) is 0 Å². The van der Waals surface area contributed by atoms with Gasteiger partial charge in [-0.05, 0) is 24.6 Å². The van der Waals surface area contributed by atoms with E-state index in [9.17, 15) is 4.39 Å². The topological polar surface area (TPSA) is 18.5 Å². The van der Waals surface area contributed by atoms with E-state index in [-0.39, 0.29) is 10.0 Å². The van der Waals surface area contributed by atoms with E-state index >= 15 is 0 Å². The lowest BCUT2D eigenvalue weighted by molar-refractivity contribution is 0.171. The van der Waals surface area contributed by atoms with Crippen LogP contribution in [-0.2, 0) is 0 Å². The van der Waals surface area contributed by atoms with Crippen LogP contribution in [0.15, 0.2) is 24.3 Å². The van der Waals surface area contributed by atoms with Crippen LogP contribution in [0.5, 0.6) is 11.5 Å². The van der Waals surface area contributed by atoms with Gasteiger partial charge in [0.05, 0.1) is 10.0 Å². The fourth-order valence-corrected chi connectivity index (χ4v) is 2.93. The van der Waals surface area contributed by atoms with Gasteiger partial charge in [-0.1, -0.05) is 35.3 Å². The van der Waals surface area contributed by atoms with Crippen molar-refractivity contribution in [2.45, 2.75) is 6.92 Å². The highest BCUT2D eigenvalue weighted by molar-refractivity contribution is 6.39. The summed E-state index contributed by atoms with van der Waals surface area (Å²) in [4.78, 5) is 0. The largest absolute Gasteiger partial charge is 0.486 e. The van der Waals surface area contributed by atoms with Crippen molar-refractivity contribution in [2.75, 3.05) is 13.2 Å². The van der Waals surface area contributed by atoms with Crippen LogP contribution >= 0.6 is 23.2 Å². The van der Waals surface area contributed by atoms with Crippen molar-refractivity contribution in [3.8, 4) is 22.6 Å². The van der Waals surface area contributed by atoms with Crippen LogP contribution in [0.4, 0.5) is 4.39 Å². The molecular weight excluding hydrogens is 302 g/mol. The fourth-order valence-electron chi connectivity index (χ4n) is 2.27. The summed E-state index contributed by atoms with van der Waals surface area (Å²) in [5.74, 6) is 0.818. The third-order valence-electron chi connectivity index (χ3n) is 3.16. The smallest absolute Gasteiger partial charge is 0.169 e. The zero-order chi connectivity index (χ0) is 14.3. The molecule has 1 aliphatic rings. The Morgan fingerprint density at radius 2 is 1.60 bits per heavy atom. The number of hydrogen-bond donors (Lipinski definition) is 0. The average Bonchev–Trinajstić information content (AvgIpc) is 2.40. The van der Waals surface area contributed by atoms with Gasteiger partial charge in [0.15, 0.2) is 11.5 Å². The molecule has 2 nitrogen and oxygen atoms in total. The quantitative estimate of drug-likeness (QED) is 0.747. The molecule has 3 rings (SSSR count). The highest BCUT2D eigenvalue weighted by atomic mass is 35.5. The lowest BCUT2D eigenvalue weighted by atomic mass is 10.0. The molecule has 0 fully saturated rings. The van der Waals surface area contributed by atoms with Crippen molar-refractivity contribution < 1.29 is 13.9 Å². The second-order valence-corrected chi connectivity index (χ2v) is 5.34. The molecule has 0 spiro atoms. The number of fused-ring (bicyclic) bond motifs is 1. The number of ether oxygens (including phenoxy) is 2. The van der Waals surface area contributed by atoms with Gasteiger partial charge in [-0.2, -0.15) is 0 Å². The van der Waals surface area contributed by atoms with Gasteiger partial charge < -0.3 is 9.47 Å². The van der Waals surface area contributed by atoms with Crippen molar-refractivity contribution in [1.82, 2.24) is 0 Å². The zero-order valence-corrected chi connectivity index (χ0v) is 12.2. The Balaban J connectivity index is 2.26. The molecule has 5 heteroatoms. The van der Waals surface area contributed by atoms with Crippen molar-refractivity contribution in [3.05, 3.63) is 45.7 Å². The van der Waals surface area contributed by atoms with Crippen LogP contribution in [0.1, 0.15) is 5.56 Å². The van der Waals surface area contributed by atoms with Crippen LogP contribution < -0.4 is 9.47 Å². The Morgan fingerprint density at radius 3 is 2.25 bits per heavy atom. The molecule has 0 amide bonds. The maximum atomic E-state index is 13.3. The molecule has 0 atom stereocenters. The van der Waals surface area contributed by atoms with E-state index in [4.69, 9.17) is 32.7 Å². The zero-order valence-electron chi connectivity index (χ0n) is 10.7. The number of aryl methyl sites for hydroxylation is 1. The summed E-state index contributed by atoms with van der Waals surface area (Å²) in [5, 5.41) is 0.491. The molecule has 0 saturated carbocycles. The van der Waals surface area contributed by atoms with Gasteiger partial charge >= 0.3 is 0 Å². The number of benzene rings is 2. The first-order chi connectivity index (χ1) is 9.58. The van der Waals surface area contributed by atoms with Gasteiger partial charge in [0, 0.05) is 11.1 Å². The van der Waals surface area contributed by atoms with Crippen molar-refractivity contribution in [1.29, 1.82) is 0 Å². The Morgan fingerprint density at radius 1 is 1.00 bits per heavy atom. The van der Waals surface area contributed by atoms with E-state index in [2.05, 4.69) is 0 Å². The molecular formula is C15H11Cl2FO2. The molecule has 1 heterocycles. The van der Waals surface area contributed by atoms with E-state index in [0.29, 0.717) is 35.8 Å². The van der Waals surface area contributed by atoms with Gasteiger partial charge in [0.25, 0.3) is 0 Å². The third-order valence-corrected chi connectivity index (χ3v) is 3.76. The van der Waals surface area contributed by atoms with Crippen molar-refractivity contribution in [3.63, 3.8) is 0 Å². The van der Waals surface area contributed by atoms with Crippen LogP contribution in [0.2, 0.25) is 10.0 Å².